The van der Waals surface area contributed by atoms with Gasteiger partial charge in [-0.05, 0) is 32.4 Å². The van der Waals surface area contributed by atoms with Crippen LogP contribution in [0, 0.1) is 0 Å². The fourth-order valence-corrected chi connectivity index (χ4v) is 4.32. The minimum Gasteiger partial charge on any atom is -0.356 e. The molecule has 1 saturated heterocycles. The summed E-state index contributed by atoms with van der Waals surface area (Å²) in [6, 6.07) is 4.49. The molecule has 0 spiro atoms. The number of aliphatic imine (C=N–C) groups is 1. The van der Waals surface area contributed by atoms with Gasteiger partial charge in [0, 0.05) is 61.9 Å². The molecule has 2 aliphatic rings. The van der Waals surface area contributed by atoms with E-state index in [0.717, 1.165) is 54.1 Å². The number of rotatable bonds is 1. The van der Waals surface area contributed by atoms with Gasteiger partial charge in [0.25, 0.3) is 0 Å². The van der Waals surface area contributed by atoms with E-state index in [-0.39, 0.29) is 18.0 Å². The normalized spacial score (nSPS) is 23.8. The summed E-state index contributed by atoms with van der Waals surface area (Å²) in [7, 11) is 0. The molecule has 2 atom stereocenters. The average Bonchev–Trinajstić information content (AvgIpc) is 3.09. The number of pyridine rings is 1. The van der Waals surface area contributed by atoms with Crippen molar-refractivity contribution in [1.82, 2.24) is 19.8 Å². The number of amidine groups is 1. The predicted octanol–water partition coefficient (Wildman–Crippen LogP) is 3.04. The quantitative estimate of drug-likeness (QED) is 0.859. The highest BCUT2D eigenvalue weighted by Crippen LogP contribution is 2.29. The first-order valence-corrected chi connectivity index (χ1v) is 9.28. The van der Waals surface area contributed by atoms with Crippen LogP contribution in [0.3, 0.4) is 0 Å². The van der Waals surface area contributed by atoms with E-state index in [9.17, 15) is 4.79 Å². The van der Waals surface area contributed by atoms with Gasteiger partial charge in [-0.25, -0.2) is 9.98 Å². The molecule has 0 aliphatic carbocycles. The topological polar surface area (TPSA) is 64.6 Å². The van der Waals surface area contributed by atoms with Crippen molar-refractivity contribution in [1.29, 1.82) is 0 Å². The number of nitrogens with one attached hydrogen (secondary N) is 1. The number of carbonyl (C=O) groups is 1. The van der Waals surface area contributed by atoms with E-state index in [0.29, 0.717) is 0 Å². The predicted molar refractivity (Wildman–Crippen MR) is 104 cm³/mol. The molecule has 4 rings (SSSR count). The first-order chi connectivity index (χ1) is 12.5. The first kappa shape index (κ1) is 16.8. The summed E-state index contributed by atoms with van der Waals surface area (Å²) in [5.74, 6) is 1.28. The Morgan fingerprint density at radius 2 is 2.00 bits per heavy atom. The molecular formula is C20H25N5O. The highest BCUT2D eigenvalue weighted by atomic mass is 16.2. The van der Waals surface area contributed by atoms with Crippen LogP contribution in [0.2, 0.25) is 0 Å². The molecule has 0 saturated carbocycles. The number of amides is 1. The van der Waals surface area contributed by atoms with Crippen LogP contribution in [-0.4, -0.2) is 56.7 Å². The van der Waals surface area contributed by atoms with E-state index in [2.05, 4.69) is 40.9 Å². The second-order valence-corrected chi connectivity index (χ2v) is 7.28. The van der Waals surface area contributed by atoms with Gasteiger partial charge in [-0.15, -0.1) is 0 Å². The highest BCUT2D eigenvalue weighted by Gasteiger charge is 2.32. The molecule has 6 heteroatoms. The number of hydrogen-bond acceptors (Lipinski definition) is 4. The van der Waals surface area contributed by atoms with Crippen molar-refractivity contribution in [3.8, 4) is 0 Å². The summed E-state index contributed by atoms with van der Waals surface area (Å²) in [5, 5.41) is 1.10. The Morgan fingerprint density at radius 3 is 2.73 bits per heavy atom. The number of allylic oxidation sites excluding steroid dienone is 1. The van der Waals surface area contributed by atoms with Crippen LogP contribution in [0.4, 0.5) is 0 Å². The Labute approximate surface area is 153 Å². The number of H-pyrrole nitrogens is 1. The van der Waals surface area contributed by atoms with Crippen LogP contribution in [0.5, 0.6) is 0 Å². The van der Waals surface area contributed by atoms with E-state index in [1.807, 2.05) is 23.4 Å². The Morgan fingerprint density at radius 1 is 1.23 bits per heavy atom. The van der Waals surface area contributed by atoms with Gasteiger partial charge in [0.2, 0.25) is 5.91 Å². The summed E-state index contributed by atoms with van der Waals surface area (Å²) in [6.45, 7) is 7.58. The number of carbonyl (C=O) groups excluding carboxylic acids is 1. The van der Waals surface area contributed by atoms with Crippen LogP contribution in [0.15, 0.2) is 35.6 Å². The molecule has 136 valence electrons. The van der Waals surface area contributed by atoms with Crippen LogP contribution >= 0.6 is 0 Å². The number of piperazine rings is 1. The Balaban J connectivity index is 1.62. The molecule has 4 heterocycles. The minimum absolute atomic E-state index is 0.155. The maximum atomic E-state index is 11.9. The minimum atomic E-state index is 0.155. The average molecular weight is 351 g/mol. The molecule has 26 heavy (non-hydrogen) atoms. The van der Waals surface area contributed by atoms with Crippen molar-refractivity contribution in [2.75, 3.05) is 13.1 Å². The number of nitrogens with zero attached hydrogens (tertiary/aromatic N) is 4. The van der Waals surface area contributed by atoms with Crippen LogP contribution in [-0.2, 0) is 4.79 Å². The van der Waals surface area contributed by atoms with Crippen molar-refractivity contribution in [3.05, 3.63) is 36.2 Å². The third-order valence-corrected chi connectivity index (χ3v) is 5.34. The van der Waals surface area contributed by atoms with E-state index >= 15 is 0 Å². The number of fused-ring (bicyclic) bond motifs is 1. The summed E-state index contributed by atoms with van der Waals surface area (Å²) >= 11 is 0. The van der Waals surface area contributed by atoms with Gasteiger partial charge in [0.05, 0.1) is 5.70 Å². The summed E-state index contributed by atoms with van der Waals surface area (Å²) in [5.41, 5.74) is 3.03. The molecule has 1 amide bonds. The lowest BCUT2D eigenvalue weighted by Crippen LogP contribution is -2.59. The maximum absolute atomic E-state index is 11.9. The van der Waals surface area contributed by atoms with Crippen molar-refractivity contribution < 1.29 is 4.79 Å². The lowest BCUT2D eigenvalue weighted by Gasteiger charge is -2.45. The highest BCUT2D eigenvalue weighted by molar-refractivity contribution is 5.96. The number of hydrogen-bond donors (Lipinski definition) is 1. The van der Waals surface area contributed by atoms with E-state index < -0.39 is 0 Å². The Kier molecular flexibility index (Phi) is 4.26. The summed E-state index contributed by atoms with van der Waals surface area (Å²) in [6.07, 6.45) is 7.89. The van der Waals surface area contributed by atoms with Crippen LogP contribution in [0.25, 0.3) is 16.7 Å². The smallest absolute Gasteiger partial charge is 0.220 e. The Hall–Kier alpha value is -2.63. The molecule has 0 aromatic carbocycles. The fraction of sp³-hybridized carbons (Fsp3) is 0.450. The standard InChI is InChI=1S/C20H25N5O/c1-13-11-24(12-14(2)25(13)15(3)26)19-6-4-5-18(23-19)16-7-9-21-20-17(16)8-10-22-20/h5,7-10,13-14H,4,6,11-12H2,1-3H3,(H,21,22)/t13-,14+. The molecule has 6 nitrogen and oxygen atoms in total. The molecule has 0 unspecified atom stereocenters. The van der Waals surface area contributed by atoms with Gasteiger partial charge < -0.3 is 14.8 Å². The third-order valence-electron chi connectivity index (χ3n) is 5.34. The van der Waals surface area contributed by atoms with Crippen molar-refractivity contribution in [3.63, 3.8) is 0 Å². The first-order valence-electron chi connectivity index (χ1n) is 9.28. The number of aromatic amines is 1. The van der Waals surface area contributed by atoms with Crippen LogP contribution in [0.1, 0.15) is 39.2 Å². The maximum Gasteiger partial charge on any atom is 0.220 e. The lowest BCUT2D eigenvalue weighted by atomic mass is 10.0. The van der Waals surface area contributed by atoms with Gasteiger partial charge in [-0.3, -0.25) is 4.79 Å². The number of aromatic nitrogens is 2. The van der Waals surface area contributed by atoms with Crippen molar-refractivity contribution in [2.45, 2.75) is 45.7 Å². The summed E-state index contributed by atoms with van der Waals surface area (Å²) in [4.78, 5) is 28.8. The van der Waals surface area contributed by atoms with Crippen molar-refractivity contribution >= 4 is 28.5 Å². The molecular weight excluding hydrogens is 326 g/mol. The van der Waals surface area contributed by atoms with Crippen LogP contribution < -0.4 is 0 Å². The van der Waals surface area contributed by atoms with Crippen molar-refractivity contribution in [2.24, 2.45) is 4.99 Å². The van der Waals surface area contributed by atoms with Gasteiger partial charge in [-0.2, -0.15) is 0 Å². The summed E-state index contributed by atoms with van der Waals surface area (Å²) < 4.78 is 0. The fourth-order valence-electron chi connectivity index (χ4n) is 4.32. The molecule has 0 bridgehead atoms. The molecule has 2 aromatic heterocycles. The second kappa shape index (κ2) is 6.59. The van der Waals surface area contributed by atoms with E-state index in [1.54, 1.807) is 6.92 Å². The van der Waals surface area contributed by atoms with Gasteiger partial charge in [0.1, 0.15) is 11.5 Å². The SMILES string of the molecule is CC(=O)N1[C@H](C)CN(C2=NC(c3ccnc4[nH]ccc34)=CCC2)C[C@@H]1C. The molecule has 2 aliphatic heterocycles. The van der Waals surface area contributed by atoms with Gasteiger partial charge in [0.15, 0.2) is 0 Å². The molecule has 1 N–H and O–H groups in total. The molecule has 0 radical (unpaired) electrons. The zero-order valence-electron chi connectivity index (χ0n) is 15.6. The zero-order valence-corrected chi connectivity index (χ0v) is 15.6. The zero-order chi connectivity index (χ0) is 18.3. The largest absolute Gasteiger partial charge is 0.356 e. The van der Waals surface area contributed by atoms with E-state index in [4.69, 9.17) is 4.99 Å². The monoisotopic (exact) mass is 351 g/mol. The van der Waals surface area contributed by atoms with Gasteiger partial charge in [-0.1, -0.05) is 6.08 Å². The second-order valence-electron chi connectivity index (χ2n) is 7.28. The van der Waals surface area contributed by atoms with E-state index in [1.165, 1.54) is 0 Å². The lowest BCUT2D eigenvalue weighted by molar-refractivity contribution is -0.135. The Bertz CT molecular complexity index is 884. The van der Waals surface area contributed by atoms with Gasteiger partial charge >= 0.3 is 0 Å². The molecule has 1 fully saturated rings. The molecule has 2 aromatic rings. The third kappa shape index (κ3) is 2.89.